The molecule has 2 N–H and O–H groups in total. The van der Waals surface area contributed by atoms with E-state index in [1.54, 1.807) is 6.07 Å². The van der Waals surface area contributed by atoms with Gasteiger partial charge in [0.15, 0.2) is 4.75 Å². The second-order valence-corrected chi connectivity index (χ2v) is 8.04. The number of amides is 1. The molecule has 1 aromatic rings. The van der Waals surface area contributed by atoms with Gasteiger partial charge in [-0.15, -0.1) is 11.3 Å². The van der Waals surface area contributed by atoms with Crippen LogP contribution < -0.4 is 5.73 Å². The van der Waals surface area contributed by atoms with Gasteiger partial charge in [-0.25, -0.2) is 12.7 Å². The Labute approximate surface area is 116 Å². The number of hydrogen-bond acceptors (Lipinski definition) is 5. The van der Waals surface area contributed by atoms with E-state index in [1.807, 2.05) is 5.38 Å². The molecule has 102 valence electrons. The van der Waals surface area contributed by atoms with Crippen LogP contribution in [0, 0.1) is 11.8 Å². The quantitative estimate of drug-likeness (QED) is 0.807. The molecule has 0 spiro atoms. The second-order valence-electron chi connectivity index (χ2n) is 4.63. The van der Waals surface area contributed by atoms with E-state index in [0.29, 0.717) is 0 Å². The molecular weight excluding hydrogens is 284 g/mol. The average molecular weight is 298 g/mol. The summed E-state index contributed by atoms with van der Waals surface area (Å²) in [5.41, 5.74) is 6.06. The van der Waals surface area contributed by atoms with Gasteiger partial charge < -0.3 is 5.73 Å². The summed E-state index contributed by atoms with van der Waals surface area (Å²) >= 11 is 1.38. The minimum atomic E-state index is -3.52. The van der Waals surface area contributed by atoms with E-state index in [-0.39, 0.29) is 19.0 Å². The minimum absolute atomic E-state index is 0.0829. The first kappa shape index (κ1) is 14.1. The molecule has 1 aliphatic heterocycles. The molecule has 7 heteroatoms. The standard InChI is InChI=1S/C12H14N2O3S2/c1-12(2)11(15)14(19(12,16)17)7-10-6-9(8-18-10)4-3-5-13/h6,8H,5,7,13H2,1-2H3. The van der Waals surface area contributed by atoms with Crippen molar-refractivity contribution in [3.05, 3.63) is 21.9 Å². The number of nitrogens with zero attached hydrogens (tertiary/aromatic N) is 1. The van der Waals surface area contributed by atoms with Gasteiger partial charge in [-0.2, -0.15) is 0 Å². The Hall–Kier alpha value is -1.36. The Morgan fingerprint density at radius 1 is 1.47 bits per heavy atom. The molecule has 0 atom stereocenters. The smallest absolute Gasteiger partial charge is 0.259 e. The van der Waals surface area contributed by atoms with Gasteiger partial charge >= 0.3 is 0 Å². The van der Waals surface area contributed by atoms with Gasteiger partial charge in [-0.05, 0) is 19.9 Å². The number of thiophene rings is 1. The van der Waals surface area contributed by atoms with E-state index in [4.69, 9.17) is 5.73 Å². The van der Waals surface area contributed by atoms with Gasteiger partial charge in [0.2, 0.25) is 0 Å². The van der Waals surface area contributed by atoms with E-state index >= 15 is 0 Å². The van der Waals surface area contributed by atoms with Crippen LogP contribution in [0.1, 0.15) is 24.3 Å². The van der Waals surface area contributed by atoms with Crippen LogP contribution in [0.2, 0.25) is 0 Å². The molecule has 2 heterocycles. The summed E-state index contributed by atoms with van der Waals surface area (Å²) < 4.78 is 23.5. The normalized spacial score (nSPS) is 19.5. The molecule has 1 amide bonds. The number of sulfonamides is 1. The van der Waals surface area contributed by atoms with E-state index in [0.717, 1.165) is 14.7 Å². The summed E-state index contributed by atoms with van der Waals surface area (Å²) in [5, 5.41) is 1.82. The SMILES string of the molecule is CC1(C)C(=O)N(Cc2cc(C#CCN)cs2)S1(=O)=O. The Kier molecular flexibility index (Phi) is 3.43. The predicted octanol–water partition coefficient (Wildman–Crippen LogP) is 0.509. The van der Waals surface area contributed by atoms with Crippen LogP contribution in [0.25, 0.3) is 0 Å². The first-order chi connectivity index (χ1) is 8.80. The van der Waals surface area contributed by atoms with Crippen LogP contribution in [0.4, 0.5) is 0 Å². The largest absolute Gasteiger partial charge is 0.320 e. The van der Waals surface area contributed by atoms with Crippen molar-refractivity contribution in [2.24, 2.45) is 5.73 Å². The summed E-state index contributed by atoms with van der Waals surface area (Å²) in [7, 11) is -3.52. The van der Waals surface area contributed by atoms with Crippen LogP contribution in [0.3, 0.4) is 0 Å². The molecule has 1 aromatic heterocycles. The van der Waals surface area contributed by atoms with Crippen molar-refractivity contribution < 1.29 is 13.2 Å². The number of carbonyl (C=O) groups is 1. The Morgan fingerprint density at radius 2 is 2.16 bits per heavy atom. The molecule has 0 aromatic carbocycles. The maximum absolute atomic E-state index is 11.9. The van der Waals surface area contributed by atoms with E-state index in [9.17, 15) is 13.2 Å². The highest BCUT2D eigenvalue weighted by Crippen LogP contribution is 2.36. The van der Waals surface area contributed by atoms with Crippen LogP contribution >= 0.6 is 11.3 Å². The Bertz CT molecular complexity index is 677. The second kappa shape index (κ2) is 4.63. The number of hydrogen-bond donors (Lipinski definition) is 1. The van der Waals surface area contributed by atoms with Gasteiger partial charge in [0.05, 0.1) is 13.1 Å². The monoisotopic (exact) mass is 298 g/mol. The van der Waals surface area contributed by atoms with Crippen LogP contribution in [-0.2, 0) is 21.4 Å². The lowest BCUT2D eigenvalue weighted by Gasteiger charge is -2.42. The zero-order valence-electron chi connectivity index (χ0n) is 10.6. The third kappa shape index (κ3) is 2.16. The summed E-state index contributed by atoms with van der Waals surface area (Å²) in [6.45, 7) is 3.21. The zero-order valence-corrected chi connectivity index (χ0v) is 12.3. The van der Waals surface area contributed by atoms with Gasteiger partial charge in [0.25, 0.3) is 15.9 Å². The minimum Gasteiger partial charge on any atom is -0.320 e. The van der Waals surface area contributed by atoms with Crippen molar-refractivity contribution in [2.45, 2.75) is 25.1 Å². The lowest BCUT2D eigenvalue weighted by Crippen LogP contribution is -2.66. The molecule has 1 saturated heterocycles. The number of carbonyl (C=O) groups excluding carboxylic acids is 1. The first-order valence-electron chi connectivity index (χ1n) is 5.64. The van der Waals surface area contributed by atoms with Crippen LogP contribution in [0.5, 0.6) is 0 Å². The van der Waals surface area contributed by atoms with Crippen molar-refractivity contribution in [2.75, 3.05) is 6.54 Å². The van der Waals surface area contributed by atoms with E-state index in [1.165, 1.54) is 25.2 Å². The zero-order chi connectivity index (χ0) is 14.3. The summed E-state index contributed by atoms with van der Waals surface area (Å²) in [5.74, 6) is 5.22. The van der Waals surface area contributed by atoms with Crippen molar-refractivity contribution in [1.82, 2.24) is 4.31 Å². The predicted molar refractivity (Wildman–Crippen MR) is 73.8 cm³/mol. The molecule has 1 aliphatic rings. The molecule has 0 saturated carbocycles. The topological polar surface area (TPSA) is 80.5 Å². The van der Waals surface area contributed by atoms with E-state index in [2.05, 4.69) is 11.8 Å². The molecule has 1 fully saturated rings. The maximum Gasteiger partial charge on any atom is 0.259 e. The highest BCUT2D eigenvalue weighted by atomic mass is 32.2. The molecule has 2 rings (SSSR count). The third-order valence-corrected chi connectivity index (χ3v) is 6.23. The highest BCUT2D eigenvalue weighted by Gasteiger charge is 2.59. The molecule has 0 aliphatic carbocycles. The number of rotatable bonds is 2. The van der Waals surface area contributed by atoms with Gasteiger partial charge in [-0.1, -0.05) is 11.8 Å². The summed E-state index contributed by atoms with van der Waals surface area (Å²) in [4.78, 5) is 12.6. The molecule has 5 nitrogen and oxygen atoms in total. The van der Waals surface area contributed by atoms with Crippen LogP contribution in [-0.4, -0.2) is 29.9 Å². The molecular formula is C12H14N2O3S2. The average Bonchev–Trinajstić information content (AvgIpc) is 2.80. The lowest BCUT2D eigenvalue weighted by molar-refractivity contribution is -0.132. The molecule has 0 bridgehead atoms. The van der Waals surface area contributed by atoms with E-state index < -0.39 is 14.8 Å². The molecule has 0 unspecified atom stereocenters. The number of nitrogens with two attached hydrogens (primary N) is 1. The maximum atomic E-state index is 11.9. The Balaban J connectivity index is 2.16. The van der Waals surface area contributed by atoms with Crippen molar-refractivity contribution in [3.8, 4) is 11.8 Å². The van der Waals surface area contributed by atoms with Gasteiger partial charge in [-0.3, -0.25) is 4.79 Å². The first-order valence-corrected chi connectivity index (χ1v) is 7.95. The summed E-state index contributed by atoms with van der Waals surface area (Å²) in [6.07, 6.45) is 0. The molecule has 0 radical (unpaired) electrons. The van der Waals surface area contributed by atoms with Gasteiger partial charge in [0.1, 0.15) is 0 Å². The fraction of sp³-hybridized carbons (Fsp3) is 0.417. The molecule has 19 heavy (non-hydrogen) atoms. The fourth-order valence-corrected chi connectivity index (χ4v) is 4.13. The van der Waals surface area contributed by atoms with Crippen molar-refractivity contribution >= 4 is 27.3 Å². The highest BCUT2D eigenvalue weighted by molar-refractivity contribution is 7.94. The summed E-state index contributed by atoms with van der Waals surface area (Å²) in [6, 6.07) is 1.78. The van der Waals surface area contributed by atoms with Crippen molar-refractivity contribution in [3.63, 3.8) is 0 Å². The third-order valence-electron chi connectivity index (χ3n) is 2.96. The van der Waals surface area contributed by atoms with Crippen molar-refractivity contribution in [1.29, 1.82) is 0 Å². The van der Waals surface area contributed by atoms with Gasteiger partial charge in [0, 0.05) is 15.8 Å². The Morgan fingerprint density at radius 3 is 2.74 bits per heavy atom. The lowest BCUT2D eigenvalue weighted by atomic mass is 10.2. The van der Waals surface area contributed by atoms with Crippen LogP contribution in [0.15, 0.2) is 11.4 Å². The fourth-order valence-electron chi connectivity index (χ4n) is 1.74.